The van der Waals surface area contributed by atoms with Crippen molar-refractivity contribution in [1.82, 2.24) is 4.98 Å². The number of carboxylic acid groups (broad SMARTS) is 1. The summed E-state index contributed by atoms with van der Waals surface area (Å²) < 4.78 is 0. The Morgan fingerprint density at radius 3 is 2.00 bits per heavy atom. The standard InChI is InChI=1S/C7H9NO2S.2C2H6/c1-3-5-4(2)8-6(11-5)7(9)10;2*1-2/h3H2,1-2H3,(H,9,10);2*1-2H3. The van der Waals surface area contributed by atoms with Gasteiger partial charge in [-0.25, -0.2) is 9.78 Å². The van der Waals surface area contributed by atoms with Crippen LogP contribution in [0.5, 0.6) is 0 Å². The van der Waals surface area contributed by atoms with Gasteiger partial charge in [0.05, 0.1) is 5.69 Å². The molecule has 1 heterocycles. The van der Waals surface area contributed by atoms with Gasteiger partial charge in [-0.3, -0.25) is 0 Å². The highest BCUT2D eigenvalue weighted by atomic mass is 32.1. The first-order valence-corrected chi connectivity index (χ1v) is 6.16. The molecule has 15 heavy (non-hydrogen) atoms. The molecule has 0 radical (unpaired) electrons. The molecule has 0 aliphatic heterocycles. The molecule has 0 amide bonds. The van der Waals surface area contributed by atoms with Crippen LogP contribution in [0.15, 0.2) is 0 Å². The highest BCUT2D eigenvalue weighted by Crippen LogP contribution is 2.17. The van der Waals surface area contributed by atoms with Gasteiger partial charge >= 0.3 is 5.97 Å². The summed E-state index contributed by atoms with van der Waals surface area (Å²) in [4.78, 5) is 15.4. The van der Waals surface area contributed by atoms with Crippen LogP contribution in [-0.2, 0) is 6.42 Å². The van der Waals surface area contributed by atoms with Crippen LogP contribution in [0.4, 0.5) is 0 Å². The zero-order valence-electron chi connectivity index (χ0n) is 10.4. The van der Waals surface area contributed by atoms with Crippen molar-refractivity contribution >= 4 is 17.3 Å². The molecule has 0 fully saturated rings. The normalized spacial score (nSPS) is 8.13. The lowest BCUT2D eigenvalue weighted by molar-refractivity contribution is 0.0696. The second-order valence-electron chi connectivity index (χ2n) is 2.19. The summed E-state index contributed by atoms with van der Waals surface area (Å²) in [6.45, 7) is 11.8. The van der Waals surface area contributed by atoms with Gasteiger partial charge in [0.25, 0.3) is 0 Å². The first kappa shape index (κ1) is 16.5. The van der Waals surface area contributed by atoms with E-state index in [2.05, 4.69) is 4.98 Å². The van der Waals surface area contributed by atoms with E-state index >= 15 is 0 Å². The van der Waals surface area contributed by atoms with Crippen molar-refractivity contribution in [2.75, 3.05) is 0 Å². The number of hydrogen-bond donors (Lipinski definition) is 1. The van der Waals surface area contributed by atoms with Crippen LogP contribution < -0.4 is 0 Å². The molecule has 0 saturated carbocycles. The topological polar surface area (TPSA) is 50.2 Å². The van der Waals surface area contributed by atoms with E-state index in [9.17, 15) is 4.79 Å². The monoisotopic (exact) mass is 231 g/mol. The van der Waals surface area contributed by atoms with Crippen LogP contribution in [0, 0.1) is 6.92 Å². The predicted molar refractivity (Wildman–Crippen MR) is 65.9 cm³/mol. The highest BCUT2D eigenvalue weighted by molar-refractivity contribution is 7.13. The van der Waals surface area contributed by atoms with Gasteiger partial charge in [-0.1, -0.05) is 34.6 Å². The Morgan fingerprint density at radius 2 is 1.80 bits per heavy atom. The summed E-state index contributed by atoms with van der Waals surface area (Å²) in [6, 6.07) is 0. The molecular weight excluding hydrogens is 210 g/mol. The van der Waals surface area contributed by atoms with Crippen LogP contribution in [0.1, 0.15) is 55.0 Å². The third kappa shape index (κ3) is 5.52. The van der Waals surface area contributed by atoms with E-state index in [1.54, 1.807) is 0 Å². The number of carboxylic acids is 1. The van der Waals surface area contributed by atoms with E-state index in [-0.39, 0.29) is 5.01 Å². The van der Waals surface area contributed by atoms with Crippen LogP contribution in [0.3, 0.4) is 0 Å². The first-order chi connectivity index (χ1) is 7.15. The largest absolute Gasteiger partial charge is 0.476 e. The number of aryl methyl sites for hydroxylation is 2. The molecule has 0 unspecified atom stereocenters. The average Bonchev–Trinajstić information content (AvgIpc) is 2.66. The Balaban J connectivity index is 0. The molecule has 0 aromatic carbocycles. The maximum atomic E-state index is 10.4. The first-order valence-electron chi connectivity index (χ1n) is 5.34. The Hall–Kier alpha value is -0.900. The lowest BCUT2D eigenvalue weighted by Gasteiger charge is -1.85. The fourth-order valence-corrected chi connectivity index (χ4v) is 1.69. The predicted octanol–water partition coefficient (Wildman–Crippen LogP) is 3.76. The van der Waals surface area contributed by atoms with Crippen molar-refractivity contribution in [3.63, 3.8) is 0 Å². The van der Waals surface area contributed by atoms with Crippen molar-refractivity contribution in [2.45, 2.75) is 48.0 Å². The summed E-state index contributed by atoms with van der Waals surface area (Å²) in [7, 11) is 0. The smallest absolute Gasteiger partial charge is 0.365 e. The van der Waals surface area contributed by atoms with E-state index in [1.807, 2.05) is 41.5 Å². The molecule has 88 valence electrons. The van der Waals surface area contributed by atoms with Crippen molar-refractivity contribution in [2.24, 2.45) is 0 Å². The SMILES string of the molecule is CC.CC.CCc1sc(C(=O)O)nc1C. The zero-order chi connectivity index (χ0) is 12.4. The summed E-state index contributed by atoms with van der Waals surface area (Å²) in [6.07, 6.45) is 0.858. The number of rotatable bonds is 2. The van der Waals surface area contributed by atoms with Gasteiger partial charge in [-0.2, -0.15) is 0 Å². The molecule has 1 aromatic heterocycles. The minimum absolute atomic E-state index is 0.194. The van der Waals surface area contributed by atoms with Gasteiger partial charge in [0.15, 0.2) is 0 Å². The van der Waals surface area contributed by atoms with Crippen molar-refractivity contribution in [1.29, 1.82) is 0 Å². The van der Waals surface area contributed by atoms with Gasteiger partial charge in [0.2, 0.25) is 5.01 Å². The van der Waals surface area contributed by atoms with Crippen molar-refractivity contribution in [3.8, 4) is 0 Å². The average molecular weight is 231 g/mol. The van der Waals surface area contributed by atoms with E-state index in [4.69, 9.17) is 5.11 Å². The lowest BCUT2D eigenvalue weighted by Crippen LogP contribution is -1.93. The molecule has 1 N–H and O–H groups in total. The molecule has 0 atom stereocenters. The molecule has 0 saturated heterocycles. The maximum Gasteiger partial charge on any atom is 0.365 e. The molecule has 0 bridgehead atoms. The number of thiazole rings is 1. The quantitative estimate of drug-likeness (QED) is 0.843. The van der Waals surface area contributed by atoms with E-state index < -0.39 is 5.97 Å². The van der Waals surface area contributed by atoms with Crippen molar-refractivity contribution in [3.05, 3.63) is 15.6 Å². The molecule has 0 aliphatic rings. The Labute approximate surface area is 96.2 Å². The Bertz CT molecular complexity index is 282. The minimum atomic E-state index is -0.933. The number of aromatic nitrogens is 1. The summed E-state index contributed by atoms with van der Waals surface area (Å²) in [5.74, 6) is -0.933. The maximum absolute atomic E-state index is 10.4. The fourth-order valence-electron chi connectivity index (χ4n) is 0.848. The number of aromatic carboxylic acids is 1. The van der Waals surface area contributed by atoms with E-state index in [1.165, 1.54) is 11.3 Å². The van der Waals surface area contributed by atoms with Gasteiger partial charge in [-0.05, 0) is 13.3 Å². The van der Waals surface area contributed by atoms with Crippen LogP contribution >= 0.6 is 11.3 Å². The van der Waals surface area contributed by atoms with Gasteiger partial charge in [-0.15, -0.1) is 11.3 Å². The van der Waals surface area contributed by atoms with E-state index in [0.29, 0.717) is 0 Å². The molecule has 3 nitrogen and oxygen atoms in total. The molecule has 0 aliphatic carbocycles. The van der Waals surface area contributed by atoms with Gasteiger partial charge < -0.3 is 5.11 Å². The third-order valence-corrected chi connectivity index (χ3v) is 2.69. The van der Waals surface area contributed by atoms with Crippen LogP contribution in [0.25, 0.3) is 0 Å². The number of nitrogens with zero attached hydrogens (tertiary/aromatic N) is 1. The van der Waals surface area contributed by atoms with Crippen molar-refractivity contribution < 1.29 is 9.90 Å². The molecule has 1 rings (SSSR count). The summed E-state index contributed by atoms with van der Waals surface area (Å²) in [5.41, 5.74) is 0.843. The van der Waals surface area contributed by atoms with Gasteiger partial charge in [0, 0.05) is 4.88 Å². The second-order valence-corrected chi connectivity index (χ2v) is 3.27. The molecule has 4 heteroatoms. The lowest BCUT2D eigenvalue weighted by atomic mass is 10.3. The second kappa shape index (κ2) is 9.65. The van der Waals surface area contributed by atoms with E-state index in [0.717, 1.165) is 17.0 Å². The fraction of sp³-hybridized carbons (Fsp3) is 0.636. The Morgan fingerprint density at radius 1 is 1.33 bits per heavy atom. The summed E-state index contributed by atoms with van der Waals surface area (Å²) in [5, 5.41) is 8.76. The molecule has 0 spiro atoms. The Kier molecular flexibility index (Phi) is 10.6. The van der Waals surface area contributed by atoms with Crippen LogP contribution in [-0.4, -0.2) is 16.1 Å². The molecular formula is C11H21NO2S. The van der Waals surface area contributed by atoms with Gasteiger partial charge in [0.1, 0.15) is 0 Å². The third-order valence-electron chi connectivity index (χ3n) is 1.40. The van der Waals surface area contributed by atoms with Crippen LogP contribution in [0.2, 0.25) is 0 Å². The zero-order valence-corrected chi connectivity index (χ0v) is 11.2. The molecule has 1 aromatic rings. The highest BCUT2D eigenvalue weighted by Gasteiger charge is 2.10. The number of carbonyl (C=O) groups is 1. The number of hydrogen-bond acceptors (Lipinski definition) is 3. The summed E-state index contributed by atoms with van der Waals surface area (Å²) >= 11 is 1.26. The minimum Gasteiger partial charge on any atom is -0.476 e.